The number of aromatic amines is 1. The van der Waals surface area contributed by atoms with E-state index in [2.05, 4.69) is 36.3 Å². The number of carbonyl (C=O) groups excluding carboxylic acids is 1. The second-order valence-electron chi connectivity index (χ2n) is 11.0. The van der Waals surface area contributed by atoms with E-state index in [-0.39, 0.29) is 36.8 Å². The molecule has 12 heteroatoms. The molecule has 3 aromatic heterocycles. The summed E-state index contributed by atoms with van der Waals surface area (Å²) in [6, 6.07) is 14.6. The SMILES string of the molecule is Cn1[nH]c(=O)c2ccc(Nc3cc(NC(CO)c4ccccc4)c(C(=O)NC4(CO)CC5CCC(C4)N5)cn3)nc21. The minimum atomic E-state index is -0.718. The van der Waals surface area contributed by atoms with Crippen molar-refractivity contribution in [3.8, 4) is 0 Å². The summed E-state index contributed by atoms with van der Waals surface area (Å²) in [5, 5.41) is 36.9. The normalized spacial score (nSPS) is 22.4. The number of benzene rings is 1. The second kappa shape index (κ2) is 11.0. The molecular formula is C29H34N8O4. The zero-order valence-corrected chi connectivity index (χ0v) is 22.7. The molecule has 2 fully saturated rings. The first-order valence-corrected chi connectivity index (χ1v) is 13.8. The second-order valence-corrected chi connectivity index (χ2v) is 11.0. The number of piperidine rings is 1. The van der Waals surface area contributed by atoms with Gasteiger partial charge in [0.15, 0.2) is 5.65 Å². The molecule has 0 saturated carbocycles. The van der Waals surface area contributed by atoms with Crippen LogP contribution < -0.4 is 26.8 Å². The topological polar surface area (TPSA) is 169 Å². The molecule has 6 rings (SSSR count). The van der Waals surface area contributed by atoms with Gasteiger partial charge in [-0.2, -0.15) is 0 Å². The van der Waals surface area contributed by atoms with E-state index in [1.807, 2.05) is 30.3 Å². The third-order valence-electron chi connectivity index (χ3n) is 8.12. The Hall–Kier alpha value is -4.26. The molecule has 3 unspecified atom stereocenters. The van der Waals surface area contributed by atoms with Crippen LogP contribution in [0.2, 0.25) is 0 Å². The number of nitrogens with one attached hydrogen (secondary N) is 5. The van der Waals surface area contributed by atoms with Crippen LogP contribution in [0.15, 0.2) is 59.5 Å². The Bertz CT molecular complexity index is 1610. The molecule has 214 valence electrons. The standard InChI is InChI=1S/C29H34N8O4/c1-37-26-20(28(41)36-37)9-10-24(34-26)33-25-11-22(32-23(15-38)17-5-3-2-4-6-17)21(14-30-25)27(40)35-29(16-39)12-18-7-8-19(13-29)31-18/h2-6,9-11,14,18-19,23,31,38-39H,7-8,12-13,15-16H2,1H3,(H,35,40)(H,36,41)(H2,30,32,33,34). The first-order chi connectivity index (χ1) is 19.9. The fourth-order valence-electron chi connectivity index (χ4n) is 6.11. The van der Waals surface area contributed by atoms with Crippen LogP contribution in [0.3, 0.4) is 0 Å². The number of pyridine rings is 2. The first-order valence-electron chi connectivity index (χ1n) is 13.8. The number of fused-ring (bicyclic) bond motifs is 3. The summed E-state index contributed by atoms with van der Waals surface area (Å²) >= 11 is 0. The van der Waals surface area contributed by atoms with Gasteiger partial charge in [0.2, 0.25) is 0 Å². The van der Waals surface area contributed by atoms with E-state index < -0.39 is 11.6 Å². The fraction of sp³-hybridized carbons (Fsp3) is 0.379. The van der Waals surface area contributed by atoms with Crippen LogP contribution in [0.4, 0.5) is 17.3 Å². The summed E-state index contributed by atoms with van der Waals surface area (Å²) in [5.74, 6) is 0.528. The molecule has 0 aliphatic carbocycles. The predicted octanol–water partition coefficient (Wildman–Crippen LogP) is 1.92. The van der Waals surface area contributed by atoms with Crippen LogP contribution in [-0.2, 0) is 7.05 Å². The van der Waals surface area contributed by atoms with Gasteiger partial charge in [-0.25, -0.2) is 9.97 Å². The Morgan fingerprint density at radius 3 is 2.59 bits per heavy atom. The molecule has 0 radical (unpaired) electrons. The maximum atomic E-state index is 13.7. The van der Waals surface area contributed by atoms with Crippen LogP contribution in [0.5, 0.6) is 0 Å². The summed E-state index contributed by atoms with van der Waals surface area (Å²) in [6.07, 6.45) is 4.85. The van der Waals surface area contributed by atoms with E-state index >= 15 is 0 Å². The Kier molecular flexibility index (Phi) is 7.20. The van der Waals surface area contributed by atoms with Crippen LogP contribution in [0, 0.1) is 0 Å². The van der Waals surface area contributed by atoms with E-state index in [1.54, 1.807) is 29.9 Å². The summed E-state index contributed by atoms with van der Waals surface area (Å²) in [6.45, 7) is -0.353. The van der Waals surface area contributed by atoms with Crippen LogP contribution in [0.25, 0.3) is 11.0 Å². The van der Waals surface area contributed by atoms with E-state index in [4.69, 9.17) is 0 Å². The number of hydrogen-bond acceptors (Lipinski definition) is 9. The Balaban J connectivity index is 1.32. The number of aryl methyl sites for hydroxylation is 1. The highest BCUT2D eigenvalue weighted by Gasteiger charge is 2.44. The lowest BCUT2D eigenvalue weighted by Gasteiger charge is -2.40. The van der Waals surface area contributed by atoms with Crippen molar-refractivity contribution in [2.24, 2.45) is 7.05 Å². The molecule has 5 heterocycles. The molecule has 2 saturated heterocycles. The van der Waals surface area contributed by atoms with Gasteiger partial charge >= 0.3 is 0 Å². The number of anilines is 3. The summed E-state index contributed by atoms with van der Waals surface area (Å²) in [5.41, 5.74) is 1.16. The number of carbonyl (C=O) groups is 1. The molecule has 2 bridgehead atoms. The van der Waals surface area contributed by atoms with E-state index in [9.17, 15) is 19.8 Å². The van der Waals surface area contributed by atoms with Crippen molar-refractivity contribution in [3.05, 3.63) is 76.2 Å². The largest absolute Gasteiger partial charge is 0.394 e. The van der Waals surface area contributed by atoms with Crippen LogP contribution in [0.1, 0.15) is 47.6 Å². The molecule has 2 aliphatic heterocycles. The number of amides is 1. The Morgan fingerprint density at radius 1 is 1.12 bits per heavy atom. The number of hydrogen-bond donors (Lipinski definition) is 7. The minimum absolute atomic E-state index is 0.150. The number of aromatic nitrogens is 4. The van der Waals surface area contributed by atoms with Gasteiger partial charge in [0, 0.05) is 31.4 Å². The highest BCUT2D eigenvalue weighted by atomic mass is 16.3. The molecule has 3 atom stereocenters. The average Bonchev–Trinajstić information content (AvgIpc) is 3.48. The monoisotopic (exact) mass is 558 g/mol. The molecular weight excluding hydrogens is 524 g/mol. The van der Waals surface area contributed by atoms with Gasteiger partial charge in [-0.15, -0.1) is 0 Å². The van der Waals surface area contributed by atoms with E-state index in [0.29, 0.717) is 46.8 Å². The van der Waals surface area contributed by atoms with Gasteiger partial charge in [0.1, 0.15) is 11.6 Å². The third-order valence-corrected chi connectivity index (χ3v) is 8.12. The molecule has 0 spiro atoms. The lowest BCUT2D eigenvalue weighted by atomic mass is 9.84. The van der Waals surface area contributed by atoms with Gasteiger partial charge in [0.25, 0.3) is 11.5 Å². The number of aliphatic hydroxyl groups is 2. The zero-order chi connectivity index (χ0) is 28.6. The number of nitrogens with zero attached hydrogens (tertiary/aromatic N) is 3. The van der Waals surface area contributed by atoms with Crippen molar-refractivity contribution in [1.82, 2.24) is 30.4 Å². The third kappa shape index (κ3) is 5.41. The molecule has 7 N–H and O–H groups in total. The van der Waals surface area contributed by atoms with Crippen LogP contribution in [-0.4, -0.2) is 66.7 Å². The van der Waals surface area contributed by atoms with Crippen molar-refractivity contribution in [3.63, 3.8) is 0 Å². The Morgan fingerprint density at radius 2 is 1.88 bits per heavy atom. The highest BCUT2D eigenvalue weighted by Crippen LogP contribution is 2.35. The molecule has 41 heavy (non-hydrogen) atoms. The number of H-pyrrole nitrogens is 1. The number of aliphatic hydroxyl groups excluding tert-OH is 2. The van der Waals surface area contributed by atoms with E-state index in [1.165, 1.54) is 6.20 Å². The number of rotatable bonds is 9. The van der Waals surface area contributed by atoms with Crippen molar-refractivity contribution in [1.29, 1.82) is 0 Å². The zero-order valence-electron chi connectivity index (χ0n) is 22.7. The van der Waals surface area contributed by atoms with Crippen molar-refractivity contribution >= 4 is 34.3 Å². The molecule has 1 amide bonds. The lowest BCUT2D eigenvalue weighted by molar-refractivity contribution is 0.0721. The van der Waals surface area contributed by atoms with Crippen molar-refractivity contribution in [2.45, 2.75) is 49.3 Å². The molecule has 1 aromatic carbocycles. The van der Waals surface area contributed by atoms with Gasteiger partial charge in [-0.1, -0.05) is 30.3 Å². The molecule has 12 nitrogen and oxygen atoms in total. The lowest BCUT2D eigenvalue weighted by Crippen LogP contribution is -2.60. The maximum Gasteiger partial charge on any atom is 0.273 e. The first kappa shape index (κ1) is 26.9. The smallest absolute Gasteiger partial charge is 0.273 e. The van der Waals surface area contributed by atoms with Crippen molar-refractivity contribution < 1.29 is 15.0 Å². The van der Waals surface area contributed by atoms with Gasteiger partial charge in [-0.3, -0.25) is 19.4 Å². The van der Waals surface area contributed by atoms with Gasteiger partial charge < -0.3 is 31.5 Å². The summed E-state index contributed by atoms with van der Waals surface area (Å²) in [4.78, 5) is 34.8. The molecule has 2 aliphatic rings. The predicted molar refractivity (Wildman–Crippen MR) is 155 cm³/mol. The van der Waals surface area contributed by atoms with E-state index in [0.717, 1.165) is 18.4 Å². The summed E-state index contributed by atoms with van der Waals surface area (Å²) < 4.78 is 1.55. The quantitative estimate of drug-likeness (QED) is 0.162. The fourth-order valence-corrected chi connectivity index (χ4v) is 6.11. The highest BCUT2D eigenvalue weighted by molar-refractivity contribution is 6.00. The van der Waals surface area contributed by atoms with Crippen molar-refractivity contribution in [2.75, 3.05) is 23.8 Å². The van der Waals surface area contributed by atoms with Gasteiger partial charge in [0.05, 0.1) is 41.4 Å². The summed E-state index contributed by atoms with van der Waals surface area (Å²) in [7, 11) is 1.71. The van der Waals surface area contributed by atoms with Crippen LogP contribution >= 0.6 is 0 Å². The maximum absolute atomic E-state index is 13.7. The van der Waals surface area contributed by atoms with Gasteiger partial charge in [-0.05, 0) is 43.4 Å². The average molecular weight is 559 g/mol. The molecule has 4 aromatic rings. The minimum Gasteiger partial charge on any atom is -0.394 e. The Labute approximate surface area is 236 Å².